The van der Waals surface area contributed by atoms with E-state index in [1.165, 1.54) is 6.20 Å². The summed E-state index contributed by atoms with van der Waals surface area (Å²) in [5.41, 5.74) is 2.52. The molecule has 0 amide bonds. The molecule has 3 N–H and O–H groups in total. The Balaban J connectivity index is 1.56. The fourth-order valence-corrected chi connectivity index (χ4v) is 4.09. The zero-order chi connectivity index (χ0) is 25.4. The topological polar surface area (TPSA) is 110 Å². The first kappa shape index (κ1) is 27.4. The lowest BCUT2D eigenvalue weighted by atomic mass is 9.78. The Hall–Kier alpha value is -2.17. The maximum absolute atomic E-state index is 10.3. The second-order valence-corrected chi connectivity index (χ2v) is 9.94. The summed E-state index contributed by atoms with van der Waals surface area (Å²) in [5, 5.41) is 36.8. The molecular weight excluding hydrogens is 538 g/mol. The molecule has 0 spiro atoms. The molecule has 3 rings (SSSR count). The molecule has 3 aromatic rings. The molecule has 0 saturated carbocycles. The van der Waals surface area contributed by atoms with Crippen molar-refractivity contribution in [3.05, 3.63) is 70.0 Å². The van der Waals surface area contributed by atoms with Gasteiger partial charge in [0.05, 0.1) is 35.0 Å². The molecule has 35 heavy (non-hydrogen) atoms. The number of benzene rings is 2. The highest BCUT2D eigenvalue weighted by atomic mass is 79.9. The van der Waals surface area contributed by atoms with Crippen LogP contribution in [0.3, 0.4) is 0 Å². The van der Waals surface area contributed by atoms with E-state index in [1.807, 2.05) is 42.5 Å². The van der Waals surface area contributed by atoms with Gasteiger partial charge in [-0.05, 0) is 57.7 Å². The zero-order valence-electron chi connectivity index (χ0n) is 19.8. The summed E-state index contributed by atoms with van der Waals surface area (Å²) in [6.45, 7) is 4.86. The summed E-state index contributed by atoms with van der Waals surface area (Å²) in [5.74, 6) is 1.44. The fourth-order valence-electron chi connectivity index (χ4n) is 3.51. The third-order valence-electron chi connectivity index (χ3n) is 5.82. The summed E-state index contributed by atoms with van der Waals surface area (Å²) in [7, 11) is 0. The number of aromatic nitrogens is 3. The van der Waals surface area contributed by atoms with Crippen molar-refractivity contribution >= 4 is 27.5 Å². The van der Waals surface area contributed by atoms with E-state index in [4.69, 9.17) is 21.1 Å². The first-order valence-corrected chi connectivity index (χ1v) is 12.6. The lowest BCUT2D eigenvalue weighted by Gasteiger charge is -2.27. The van der Waals surface area contributed by atoms with Gasteiger partial charge >= 0.3 is 0 Å². The molecule has 1 heterocycles. The molecular formula is C25H31BrClN3O5. The Labute approximate surface area is 218 Å². The highest BCUT2D eigenvalue weighted by Gasteiger charge is 2.24. The third kappa shape index (κ3) is 7.41. The van der Waals surface area contributed by atoms with Crippen molar-refractivity contribution in [2.45, 2.75) is 51.0 Å². The van der Waals surface area contributed by atoms with Gasteiger partial charge in [-0.2, -0.15) is 0 Å². The summed E-state index contributed by atoms with van der Waals surface area (Å²) >= 11 is 9.18. The SMILES string of the molecule is CC(C)(c1ccc(OC[C@H](O)CCn2nncc2CO)cc1)c1ccc(OC[C@@H](O)CCl)c(Br)c1. The van der Waals surface area contributed by atoms with Crippen LogP contribution in [0.4, 0.5) is 0 Å². The Bertz CT molecular complexity index is 1080. The van der Waals surface area contributed by atoms with E-state index in [0.717, 1.165) is 15.6 Å². The predicted octanol–water partition coefficient (Wildman–Crippen LogP) is 3.67. The summed E-state index contributed by atoms with van der Waals surface area (Å²) in [6.07, 6.45) is 0.544. The van der Waals surface area contributed by atoms with Crippen molar-refractivity contribution in [3.8, 4) is 11.5 Å². The number of aliphatic hydroxyl groups is 3. The lowest BCUT2D eigenvalue weighted by Crippen LogP contribution is -2.21. The lowest BCUT2D eigenvalue weighted by molar-refractivity contribution is 0.0942. The summed E-state index contributed by atoms with van der Waals surface area (Å²) in [6, 6.07) is 13.7. The smallest absolute Gasteiger partial charge is 0.133 e. The number of ether oxygens (including phenoxy) is 2. The number of aryl methyl sites for hydroxylation is 1. The van der Waals surface area contributed by atoms with Crippen molar-refractivity contribution in [1.29, 1.82) is 0 Å². The molecule has 0 unspecified atom stereocenters. The number of nitrogens with zero attached hydrogens (tertiary/aromatic N) is 3. The highest BCUT2D eigenvalue weighted by Crippen LogP contribution is 2.36. The predicted molar refractivity (Wildman–Crippen MR) is 137 cm³/mol. The molecule has 0 saturated heterocycles. The van der Waals surface area contributed by atoms with Crippen molar-refractivity contribution in [2.75, 3.05) is 19.1 Å². The Kier molecular flexibility index (Phi) is 9.94. The van der Waals surface area contributed by atoms with Crippen LogP contribution < -0.4 is 9.47 Å². The van der Waals surface area contributed by atoms with Crippen molar-refractivity contribution in [2.24, 2.45) is 0 Å². The fraction of sp³-hybridized carbons (Fsp3) is 0.440. The summed E-state index contributed by atoms with van der Waals surface area (Å²) in [4.78, 5) is 0. The van der Waals surface area contributed by atoms with E-state index >= 15 is 0 Å². The van der Waals surface area contributed by atoms with Crippen LogP contribution in [-0.4, -0.2) is 61.6 Å². The van der Waals surface area contributed by atoms with Gasteiger partial charge in [-0.1, -0.05) is 37.3 Å². The minimum absolute atomic E-state index is 0.121. The molecule has 0 aliphatic carbocycles. The summed E-state index contributed by atoms with van der Waals surface area (Å²) < 4.78 is 13.8. The second kappa shape index (κ2) is 12.7. The van der Waals surface area contributed by atoms with E-state index < -0.39 is 12.2 Å². The number of alkyl halides is 1. The van der Waals surface area contributed by atoms with Crippen LogP contribution >= 0.6 is 27.5 Å². The van der Waals surface area contributed by atoms with E-state index in [-0.39, 0.29) is 31.1 Å². The molecule has 190 valence electrons. The maximum Gasteiger partial charge on any atom is 0.133 e. The van der Waals surface area contributed by atoms with Crippen LogP contribution in [0.5, 0.6) is 11.5 Å². The van der Waals surface area contributed by atoms with E-state index in [9.17, 15) is 15.3 Å². The molecule has 8 nitrogen and oxygen atoms in total. The first-order chi connectivity index (χ1) is 16.7. The number of halogens is 2. The molecule has 1 aromatic heterocycles. The van der Waals surface area contributed by atoms with Gasteiger partial charge < -0.3 is 24.8 Å². The van der Waals surface area contributed by atoms with Crippen LogP contribution in [0.2, 0.25) is 0 Å². The van der Waals surface area contributed by atoms with Crippen molar-refractivity contribution in [3.63, 3.8) is 0 Å². The van der Waals surface area contributed by atoms with Crippen LogP contribution in [0.1, 0.15) is 37.1 Å². The molecule has 0 aliphatic heterocycles. The van der Waals surface area contributed by atoms with Crippen LogP contribution in [-0.2, 0) is 18.6 Å². The Morgan fingerprint density at radius 1 is 1.03 bits per heavy atom. The Morgan fingerprint density at radius 2 is 1.71 bits per heavy atom. The van der Waals surface area contributed by atoms with Gasteiger partial charge in [0, 0.05) is 12.0 Å². The van der Waals surface area contributed by atoms with Gasteiger partial charge in [0.15, 0.2) is 0 Å². The molecule has 2 aromatic carbocycles. The van der Waals surface area contributed by atoms with E-state index in [2.05, 4.69) is 40.1 Å². The van der Waals surface area contributed by atoms with E-state index in [0.29, 0.717) is 30.2 Å². The van der Waals surface area contributed by atoms with Gasteiger partial charge in [0.2, 0.25) is 0 Å². The molecule has 0 fully saturated rings. The zero-order valence-corrected chi connectivity index (χ0v) is 22.1. The molecule has 0 aliphatic rings. The average molecular weight is 569 g/mol. The van der Waals surface area contributed by atoms with Crippen LogP contribution in [0, 0.1) is 0 Å². The Morgan fingerprint density at radius 3 is 2.37 bits per heavy atom. The number of hydrogen-bond acceptors (Lipinski definition) is 7. The molecule has 10 heteroatoms. The van der Waals surface area contributed by atoms with Crippen LogP contribution in [0.25, 0.3) is 0 Å². The largest absolute Gasteiger partial charge is 0.491 e. The first-order valence-electron chi connectivity index (χ1n) is 11.3. The van der Waals surface area contributed by atoms with Crippen molar-refractivity contribution < 1.29 is 24.8 Å². The average Bonchev–Trinajstić information content (AvgIpc) is 3.33. The van der Waals surface area contributed by atoms with Gasteiger partial charge in [0.1, 0.15) is 30.8 Å². The molecule has 2 atom stereocenters. The van der Waals surface area contributed by atoms with Crippen LogP contribution in [0.15, 0.2) is 53.1 Å². The normalized spacial score (nSPS) is 13.5. The monoisotopic (exact) mass is 567 g/mol. The standard InChI is InChI=1S/C25H31BrClN3O5/c1-25(2,18-5-8-24(23(26)11-18)35-16-21(33)12-27)17-3-6-22(7-4-17)34-15-20(32)9-10-30-19(14-31)13-28-29-30/h3-8,11,13,20-21,31-33H,9-10,12,14-16H2,1-2H3/t20-,21+/m1/s1. The highest BCUT2D eigenvalue weighted by molar-refractivity contribution is 9.10. The van der Waals surface area contributed by atoms with Gasteiger partial charge in [-0.3, -0.25) is 0 Å². The van der Waals surface area contributed by atoms with Gasteiger partial charge in [0.25, 0.3) is 0 Å². The minimum atomic E-state index is -0.714. The number of rotatable bonds is 13. The van der Waals surface area contributed by atoms with Gasteiger partial charge in [-0.15, -0.1) is 16.7 Å². The molecule has 0 bridgehead atoms. The molecule has 0 radical (unpaired) electrons. The maximum atomic E-state index is 10.3. The van der Waals surface area contributed by atoms with Crippen molar-refractivity contribution in [1.82, 2.24) is 15.0 Å². The third-order valence-corrected chi connectivity index (χ3v) is 6.79. The quantitative estimate of drug-likeness (QED) is 0.270. The number of aliphatic hydroxyl groups excluding tert-OH is 3. The second-order valence-electron chi connectivity index (χ2n) is 8.77. The van der Waals surface area contributed by atoms with Gasteiger partial charge in [-0.25, -0.2) is 4.68 Å². The van der Waals surface area contributed by atoms with E-state index in [1.54, 1.807) is 4.68 Å². The minimum Gasteiger partial charge on any atom is -0.491 e. The number of hydrogen-bond donors (Lipinski definition) is 3.